The smallest absolute Gasteiger partial charge is 0.339 e. The van der Waals surface area contributed by atoms with Crippen molar-refractivity contribution in [1.82, 2.24) is 10.0 Å². The number of furan rings is 1. The predicted octanol–water partition coefficient (Wildman–Crippen LogP) is -0.0750. The van der Waals surface area contributed by atoms with Crippen molar-refractivity contribution < 1.29 is 22.7 Å². The molecule has 18 heavy (non-hydrogen) atoms. The van der Waals surface area contributed by atoms with Crippen LogP contribution in [0.25, 0.3) is 0 Å². The number of aryl methyl sites for hydroxylation is 1. The summed E-state index contributed by atoms with van der Waals surface area (Å²) in [5, 5.41) is 11.8. The highest BCUT2D eigenvalue weighted by atomic mass is 32.2. The Morgan fingerprint density at radius 1 is 1.44 bits per heavy atom. The van der Waals surface area contributed by atoms with E-state index >= 15 is 0 Å². The Labute approximate surface area is 105 Å². The third-order valence-electron chi connectivity index (χ3n) is 2.16. The maximum absolute atomic E-state index is 10.8. The molecule has 0 aliphatic carbocycles. The fourth-order valence-electron chi connectivity index (χ4n) is 1.38. The summed E-state index contributed by atoms with van der Waals surface area (Å²) >= 11 is 0. The Kier molecular flexibility index (Phi) is 4.88. The van der Waals surface area contributed by atoms with Crippen molar-refractivity contribution in [3.63, 3.8) is 0 Å². The van der Waals surface area contributed by atoms with E-state index in [1.54, 1.807) is 6.92 Å². The van der Waals surface area contributed by atoms with Crippen LogP contribution in [0.3, 0.4) is 0 Å². The molecule has 0 fully saturated rings. The minimum atomic E-state index is -3.17. The highest BCUT2D eigenvalue weighted by Gasteiger charge is 2.13. The molecule has 1 aromatic heterocycles. The van der Waals surface area contributed by atoms with Gasteiger partial charge in [-0.3, -0.25) is 0 Å². The molecule has 0 saturated heterocycles. The molecule has 0 atom stereocenters. The number of sulfonamides is 1. The lowest BCUT2D eigenvalue weighted by molar-refractivity contribution is 0.0695. The van der Waals surface area contributed by atoms with Gasteiger partial charge in [0.2, 0.25) is 10.0 Å². The van der Waals surface area contributed by atoms with Crippen LogP contribution < -0.4 is 10.0 Å². The zero-order chi connectivity index (χ0) is 13.8. The van der Waals surface area contributed by atoms with E-state index in [4.69, 9.17) is 9.52 Å². The summed E-state index contributed by atoms with van der Waals surface area (Å²) in [6, 6.07) is 1.45. The van der Waals surface area contributed by atoms with Crippen molar-refractivity contribution in [1.29, 1.82) is 0 Å². The summed E-state index contributed by atoms with van der Waals surface area (Å²) in [6.07, 6.45) is 1.09. The van der Waals surface area contributed by atoms with E-state index in [0.29, 0.717) is 24.6 Å². The summed E-state index contributed by atoms with van der Waals surface area (Å²) in [5.74, 6) is -0.168. The molecule has 0 aliphatic heterocycles. The van der Waals surface area contributed by atoms with Crippen LogP contribution in [0, 0.1) is 6.92 Å². The number of hydrogen-bond donors (Lipinski definition) is 3. The van der Waals surface area contributed by atoms with E-state index < -0.39 is 16.0 Å². The molecule has 1 aromatic rings. The van der Waals surface area contributed by atoms with Gasteiger partial charge in [0.05, 0.1) is 12.8 Å². The quantitative estimate of drug-likeness (QED) is 0.601. The van der Waals surface area contributed by atoms with Gasteiger partial charge in [-0.2, -0.15) is 0 Å². The van der Waals surface area contributed by atoms with Crippen LogP contribution in [0.4, 0.5) is 0 Å². The number of nitrogens with one attached hydrogen (secondary N) is 2. The van der Waals surface area contributed by atoms with Crippen LogP contribution in [0.2, 0.25) is 0 Å². The van der Waals surface area contributed by atoms with Gasteiger partial charge < -0.3 is 14.8 Å². The highest BCUT2D eigenvalue weighted by Crippen LogP contribution is 2.14. The van der Waals surface area contributed by atoms with Crippen LogP contribution in [0.5, 0.6) is 0 Å². The molecule has 1 rings (SSSR count). The van der Waals surface area contributed by atoms with Gasteiger partial charge in [0.25, 0.3) is 0 Å². The van der Waals surface area contributed by atoms with Gasteiger partial charge in [-0.15, -0.1) is 0 Å². The molecular weight excluding hydrogens is 260 g/mol. The first-order valence-corrected chi connectivity index (χ1v) is 7.16. The molecule has 0 saturated carbocycles. The molecule has 0 aliphatic rings. The van der Waals surface area contributed by atoms with Crippen molar-refractivity contribution in [2.45, 2.75) is 13.5 Å². The van der Waals surface area contributed by atoms with Gasteiger partial charge in [0.15, 0.2) is 0 Å². The third-order valence-corrected chi connectivity index (χ3v) is 2.89. The summed E-state index contributed by atoms with van der Waals surface area (Å²) in [4.78, 5) is 10.8. The molecule has 0 radical (unpaired) electrons. The minimum absolute atomic E-state index is 0.140. The van der Waals surface area contributed by atoms with Crippen molar-refractivity contribution >= 4 is 16.0 Å². The first-order chi connectivity index (χ1) is 8.29. The number of carboxylic acids is 1. The largest absolute Gasteiger partial charge is 0.478 e. The Bertz CT molecular complexity index is 520. The van der Waals surface area contributed by atoms with Crippen LogP contribution in [-0.4, -0.2) is 38.8 Å². The topological polar surface area (TPSA) is 109 Å². The van der Waals surface area contributed by atoms with Crippen LogP contribution >= 0.6 is 0 Å². The van der Waals surface area contributed by atoms with Crippen LogP contribution in [0.15, 0.2) is 10.5 Å². The maximum atomic E-state index is 10.8. The van der Waals surface area contributed by atoms with Crippen LogP contribution in [-0.2, 0) is 16.6 Å². The average Bonchev–Trinajstić information content (AvgIpc) is 2.57. The van der Waals surface area contributed by atoms with Crippen molar-refractivity contribution in [3.8, 4) is 0 Å². The van der Waals surface area contributed by atoms with Gasteiger partial charge in [0.1, 0.15) is 17.1 Å². The molecule has 0 spiro atoms. The lowest BCUT2D eigenvalue weighted by atomic mass is 10.2. The number of carbonyl (C=O) groups is 1. The first kappa shape index (κ1) is 14.7. The van der Waals surface area contributed by atoms with Gasteiger partial charge in [0, 0.05) is 13.1 Å². The normalized spacial score (nSPS) is 11.7. The second kappa shape index (κ2) is 5.98. The average molecular weight is 276 g/mol. The molecule has 1 heterocycles. The maximum Gasteiger partial charge on any atom is 0.339 e. The Morgan fingerprint density at radius 2 is 2.11 bits per heavy atom. The van der Waals surface area contributed by atoms with E-state index in [0.717, 1.165) is 6.26 Å². The zero-order valence-electron chi connectivity index (χ0n) is 10.2. The number of rotatable bonds is 7. The van der Waals surface area contributed by atoms with Crippen LogP contribution in [0.1, 0.15) is 21.9 Å². The number of aromatic carboxylic acids is 1. The van der Waals surface area contributed by atoms with E-state index in [2.05, 4.69) is 10.0 Å². The first-order valence-electron chi connectivity index (χ1n) is 5.27. The Hall–Kier alpha value is -1.38. The molecule has 7 nitrogen and oxygen atoms in total. The Morgan fingerprint density at radius 3 is 2.61 bits per heavy atom. The lowest BCUT2D eigenvalue weighted by Crippen LogP contribution is -2.30. The van der Waals surface area contributed by atoms with Gasteiger partial charge >= 0.3 is 5.97 Å². The minimum Gasteiger partial charge on any atom is -0.478 e. The van der Waals surface area contributed by atoms with Crippen molar-refractivity contribution in [2.75, 3.05) is 19.3 Å². The molecule has 102 valence electrons. The second-order valence-electron chi connectivity index (χ2n) is 3.83. The SMILES string of the molecule is Cc1oc(CNCCNS(C)(=O)=O)cc1C(=O)O. The van der Waals surface area contributed by atoms with E-state index in [1.165, 1.54) is 6.07 Å². The fraction of sp³-hybridized carbons (Fsp3) is 0.500. The molecule has 3 N–H and O–H groups in total. The Balaban J connectivity index is 2.36. The summed E-state index contributed by atoms with van der Waals surface area (Å²) in [5.41, 5.74) is 0.140. The standard InChI is InChI=1S/C10H16N2O5S/c1-7-9(10(13)14)5-8(17-7)6-11-3-4-12-18(2,15)16/h5,11-12H,3-4,6H2,1-2H3,(H,13,14). The molecular formula is C10H16N2O5S. The van der Waals surface area contributed by atoms with E-state index in [9.17, 15) is 13.2 Å². The molecule has 0 bridgehead atoms. The number of carboxylic acid groups (broad SMARTS) is 1. The van der Waals surface area contributed by atoms with E-state index in [1.807, 2.05) is 0 Å². The van der Waals surface area contributed by atoms with Gasteiger partial charge in [-0.25, -0.2) is 17.9 Å². The van der Waals surface area contributed by atoms with Gasteiger partial charge in [-0.1, -0.05) is 0 Å². The number of hydrogen-bond acceptors (Lipinski definition) is 5. The third kappa shape index (κ3) is 4.86. The van der Waals surface area contributed by atoms with E-state index in [-0.39, 0.29) is 12.1 Å². The highest BCUT2D eigenvalue weighted by molar-refractivity contribution is 7.88. The monoisotopic (exact) mass is 276 g/mol. The van der Waals surface area contributed by atoms with Gasteiger partial charge in [-0.05, 0) is 13.0 Å². The summed E-state index contributed by atoms with van der Waals surface area (Å²) < 4.78 is 29.1. The predicted molar refractivity (Wildman–Crippen MR) is 65.0 cm³/mol. The molecule has 0 amide bonds. The summed E-state index contributed by atoms with van der Waals surface area (Å²) in [7, 11) is -3.17. The fourth-order valence-corrected chi connectivity index (χ4v) is 1.85. The van der Waals surface area contributed by atoms with Crippen molar-refractivity contribution in [3.05, 3.63) is 23.2 Å². The lowest BCUT2D eigenvalue weighted by Gasteiger charge is -2.03. The second-order valence-corrected chi connectivity index (χ2v) is 5.66. The molecule has 0 unspecified atom stereocenters. The summed E-state index contributed by atoms with van der Waals surface area (Å²) in [6.45, 7) is 2.62. The zero-order valence-corrected chi connectivity index (χ0v) is 11.0. The van der Waals surface area contributed by atoms with Crippen molar-refractivity contribution in [2.24, 2.45) is 0 Å². The molecule has 0 aromatic carbocycles. The molecule has 8 heteroatoms.